The molecule has 2 heterocycles. The number of benzene rings is 2. The number of nitrogens with zero attached hydrogens (tertiary/aromatic N) is 1. The number of ether oxygens (including phenoxy) is 1. The lowest BCUT2D eigenvalue weighted by Gasteiger charge is -2.45. The van der Waals surface area contributed by atoms with Crippen LogP contribution in [0, 0.1) is 23.7 Å². The highest BCUT2D eigenvalue weighted by atomic mass is 35.5. The molecule has 6 nitrogen and oxygen atoms in total. The van der Waals surface area contributed by atoms with Crippen molar-refractivity contribution in [2.75, 3.05) is 30.3 Å². The zero-order chi connectivity index (χ0) is 28.9. The van der Waals surface area contributed by atoms with Gasteiger partial charge in [-0.3, -0.25) is 9.52 Å². The highest BCUT2D eigenvalue weighted by molar-refractivity contribution is 7.99. The van der Waals surface area contributed by atoms with Crippen molar-refractivity contribution in [3.05, 3.63) is 70.3 Å². The molecule has 6 rings (SSSR count). The summed E-state index contributed by atoms with van der Waals surface area (Å²) in [5.41, 5.74) is 3.67. The van der Waals surface area contributed by atoms with E-state index in [1.165, 1.54) is 11.1 Å². The zero-order valence-electron chi connectivity index (χ0n) is 24.0. The maximum absolute atomic E-state index is 13.4. The van der Waals surface area contributed by atoms with E-state index in [-0.39, 0.29) is 34.8 Å². The molecule has 41 heavy (non-hydrogen) atoms. The SMILES string of the molecule is C=S1(=O)C[C@H](C)[C@H](C)/C=C/[C@@H](O)[C@@H]2CC[C@H]2CN2C[C@@]3(CCCc4cc(Cl)ccc43)COc3ccc(cc32)C(=O)N1. The second-order valence-electron chi connectivity index (χ2n) is 12.9. The van der Waals surface area contributed by atoms with Crippen LogP contribution in [0.1, 0.15) is 61.0 Å². The third kappa shape index (κ3) is 5.65. The number of hydrogen-bond acceptors (Lipinski definition) is 5. The van der Waals surface area contributed by atoms with Crippen molar-refractivity contribution in [2.24, 2.45) is 23.7 Å². The summed E-state index contributed by atoms with van der Waals surface area (Å²) in [6, 6.07) is 11.7. The Hall–Kier alpha value is -2.48. The van der Waals surface area contributed by atoms with Crippen molar-refractivity contribution in [3.8, 4) is 5.75 Å². The normalized spacial score (nSPS) is 36.1. The number of hydrogen-bond donors (Lipinski definition) is 2. The van der Waals surface area contributed by atoms with Crippen LogP contribution in [0.25, 0.3) is 0 Å². The third-order valence-electron chi connectivity index (χ3n) is 9.99. The largest absolute Gasteiger partial charge is 0.490 e. The van der Waals surface area contributed by atoms with Crippen LogP contribution < -0.4 is 14.4 Å². The van der Waals surface area contributed by atoms with Crippen LogP contribution in [0.5, 0.6) is 5.75 Å². The summed E-state index contributed by atoms with van der Waals surface area (Å²) in [5.74, 6) is 5.12. The Kier molecular flexibility index (Phi) is 7.66. The second kappa shape index (κ2) is 11.0. The molecule has 1 fully saturated rings. The van der Waals surface area contributed by atoms with E-state index in [9.17, 15) is 14.1 Å². The first kappa shape index (κ1) is 28.6. The van der Waals surface area contributed by atoms with E-state index in [2.05, 4.69) is 34.5 Å². The molecular formula is C33H41ClN2O4S. The van der Waals surface area contributed by atoms with Gasteiger partial charge in [0.05, 0.1) is 18.4 Å². The van der Waals surface area contributed by atoms with Gasteiger partial charge in [0.25, 0.3) is 5.91 Å². The minimum Gasteiger partial charge on any atom is -0.490 e. The number of nitrogens with one attached hydrogen (secondary N) is 1. The second-order valence-corrected chi connectivity index (χ2v) is 15.5. The zero-order valence-corrected chi connectivity index (χ0v) is 25.6. The van der Waals surface area contributed by atoms with Gasteiger partial charge in [0.2, 0.25) is 0 Å². The summed E-state index contributed by atoms with van der Waals surface area (Å²) < 4.78 is 22.7. The summed E-state index contributed by atoms with van der Waals surface area (Å²) in [7, 11) is -2.86. The van der Waals surface area contributed by atoms with Gasteiger partial charge in [-0.1, -0.05) is 43.7 Å². The monoisotopic (exact) mass is 596 g/mol. The average Bonchev–Trinajstić information content (AvgIpc) is 3.05. The van der Waals surface area contributed by atoms with Crippen molar-refractivity contribution in [1.82, 2.24) is 4.72 Å². The molecule has 8 heteroatoms. The topological polar surface area (TPSA) is 78.9 Å². The molecule has 1 spiro atoms. The average molecular weight is 597 g/mol. The fourth-order valence-corrected chi connectivity index (χ4v) is 9.16. The highest BCUT2D eigenvalue weighted by Gasteiger charge is 2.44. The van der Waals surface area contributed by atoms with E-state index in [1.807, 2.05) is 37.3 Å². The Bertz CT molecular complexity index is 1470. The molecule has 2 aliphatic carbocycles. The minimum atomic E-state index is -2.86. The van der Waals surface area contributed by atoms with Crippen molar-refractivity contribution >= 4 is 38.8 Å². The summed E-state index contributed by atoms with van der Waals surface area (Å²) in [4.78, 5) is 15.8. The molecule has 2 N–H and O–H groups in total. The number of halogens is 1. The third-order valence-corrected chi connectivity index (χ3v) is 11.8. The molecule has 7 atom stereocenters. The summed E-state index contributed by atoms with van der Waals surface area (Å²) in [6.45, 7) is 6.12. The Labute approximate surface area is 249 Å². The van der Waals surface area contributed by atoms with Gasteiger partial charge in [0, 0.05) is 44.6 Å². The molecule has 2 aliphatic heterocycles. The van der Waals surface area contributed by atoms with E-state index >= 15 is 0 Å². The molecule has 4 aliphatic rings. The number of aliphatic hydroxyl groups is 1. The standard InChI is InChI=1S/C33H41ClN2O4S/c1-21-6-12-30(37)27-10-7-25(27)17-36-19-33(14-4-5-23-15-26(34)9-11-28(23)33)20-40-31-13-8-24(16-29(31)36)32(38)35-41(3,39)18-22(21)2/h6,8-9,11-13,15-16,21-22,25,27,30,37H,3-5,7,10,14,17-20H2,1-2H3,(H,35,38,39)/b12-6+/t21-,22+,25+,27-,30-,33+,41?/m1/s1. The lowest BCUT2D eigenvalue weighted by atomic mass is 9.68. The van der Waals surface area contributed by atoms with Crippen LogP contribution in [-0.4, -0.2) is 52.6 Å². The van der Waals surface area contributed by atoms with Gasteiger partial charge in [-0.2, -0.15) is 0 Å². The molecule has 0 aromatic heterocycles. The van der Waals surface area contributed by atoms with Crippen LogP contribution in [0.15, 0.2) is 48.6 Å². The minimum absolute atomic E-state index is 0.0224. The number of anilines is 1. The Morgan fingerprint density at radius 3 is 2.78 bits per heavy atom. The molecule has 1 saturated carbocycles. The fourth-order valence-electron chi connectivity index (χ4n) is 7.28. The molecule has 1 unspecified atom stereocenters. The molecule has 2 bridgehead atoms. The van der Waals surface area contributed by atoms with E-state index in [1.54, 1.807) is 6.07 Å². The van der Waals surface area contributed by atoms with Crippen LogP contribution >= 0.6 is 11.6 Å². The quantitative estimate of drug-likeness (QED) is 0.314. The molecule has 0 saturated heterocycles. The number of fused-ring (bicyclic) bond motifs is 4. The molecule has 1 amide bonds. The number of carbonyl (C=O) groups excluding carboxylic acids is 1. The van der Waals surface area contributed by atoms with Gasteiger partial charge in [0.1, 0.15) is 5.75 Å². The predicted octanol–water partition coefficient (Wildman–Crippen LogP) is 5.40. The molecular weight excluding hydrogens is 556 g/mol. The smallest absolute Gasteiger partial charge is 0.262 e. The van der Waals surface area contributed by atoms with E-state index < -0.39 is 15.8 Å². The van der Waals surface area contributed by atoms with Crippen LogP contribution in [0.3, 0.4) is 0 Å². The fraction of sp³-hybridized carbons (Fsp3) is 0.515. The first-order valence-corrected chi connectivity index (χ1v) is 17.2. The number of rotatable bonds is 0. The van der Waals surface area contributed by atoms with Gasteiger partial charge in [-0.15, -0.1) is 0 Å². The van der Waals surface area contributed by atoms with Crippen LogP contribution in [-0.2, 0) is 21.5 Å². The molecule has 0 radical (unpaired) electrons. The van der Waals surface area contributed by atoms with Gasteiger partial charge in [-0.25, -0.2) is 4.21 Å². The van der Waals surface area contributed by atoms with Crippen molar-refractivity contribution in [3.63, 3.8) is 0 Å². The Morgan fingerprint density at radius 2 is 2.00 bits per heavy atom. The number of allylic oxidation sites excluding steroid dienone is 1. The van der Waals surface area contributed by atoms with E-state index in [0.717, 1.165) is 61.7 Å². The maximum atomic E-state index is 13.4. The van der Waals surface area contributed by atoms with Gasteiger partial charge < -0.3 is 14.7 Å². The first-order chi connectivity index (χ1) is 19.5. The Balaban J connectivity index is 1.42. The van der Waals surface area contributed by atoms with Crippen LogP contribution in [0.2, 0.25) is 5.02 Å². The number of aliphatic hydroxyl groups excluding tert-OH is 1. The van der Waals surface area contributed by atoms with Crippen molar-refractivity contribution in [1.29, 1.82) is 0 Å². The van der Waals surface area contributed by atoms with Gasteiger partial charge >= 0.3 is 0 Å². The van der Waals surface area contributed by atoms with Crippen molar-refractivity contribution < 1.29 is 18.8 Å². The number of amides is 1. The first-order valence-electron chi connectivity index (χ1n) is 14.9. The summed E-state index contributed by atoms with van der Waals surface area (Å²) in [6.07, 6.45) is 8.52. The molecule has 2 aromatic rings. The highest BCUT2D eigenvalue weighted by Crippen LogP contribution is 2.46. The van der Waals surface area contributed by atoms with Gasteiger partial charge in [-0.05, 0) is 103 Å². The van der Waals surface area contributed by atoms with Crippen molar-refractivity contribution in [2.45, 2.75) is 57.5 Å². The number of carbonyl (C=O) groups is 1. The number of aryl methyl sites for hydroxylation is 1. The van der Waals surface area contributed by atoms with Crippen LogP contribution in [0.4, 0.5) is 5.69 Å². The Morgan fingerprint density at radius 1 is 1.17 bits per heavy atom. The summed E-state index contributed by atoms with van der Waals surface area (Å²) >= 11 is 6.40. The van der Waals surface area contributed by atoms with Gasteiger partial charge in [0.15, 0.2) is 0 Å². The summed E-state index contributed by atoms with van der Waals surface area (Å²) in [5, 5.41) is 12.0. The lowest BCUT2D eigenvalue weighted by molar-refractivity contribution is 0.0454. The maximum Gasteiger partial charge on any atom is 0.262 e. The molecule has 2 aromatic carbocycles. The lowest BCUT2D eigenvalue weighted by Crippen LogP contribution is -2.49. The molecule has 220 valence electrons. The van der Waals surface area contributed by atoms with E-state index in [0.29, 0.717) is 18.1 Å². The van der Waals surface area contributed by atoms with E-state index in [4.69, 9.17) is 16.3 Å². The predicted molar refractivity (Wildman–Crippen MR) is 168 cm³/mol.